The third-order valence-electron chi connectivity index (χ3n) is 7.05. The van der Waals surface area contributed by atoms with E-state index in [2.05, 4.69) is 15.8 Å². The first-order valence-corrected chi connectivity index (χ1v) is 13.1. The molecule has 1 aromatic heterocycles. The fourth-order valence-electron chi connectivity index (χ4n) is 4.85. The van der Waals surface area contributed by atoms with E-state index in [1.165, 1.54) is 0 Å². The second kappa shape index (κ2) is 11.7. The molecular weight excluding hydrogens is 516 g/mol. The largest absolute Gasteiger partial charge is 0.496 e. The molecule has 0 unspecified atom stereocenters. The van der Waals surface area contributed by atoms with E-state index in [1.807, 2.05) is 13.0 Å². The lowest BCUT2D eigenvalue weighted by Gasteiger charge is -2.39. The van der Waals surface area contributed by atoms with Gasteiger partial charge in [0, 0.05) is 49.3 Å². The van der Waals surface area contributed by atoms with Crippen molar-refractivity contribution in [3.63, 3.8) is 0 Å². The molecule has 1 saturated heterocycles. The van der Waals surface area contributed by atoms with Crippen molar-refractivity contribution in [2.75, 3.05) is 26.8 Å². The van der Waals surface area contributed by atoms with Crippen LogP contribution in [0.15, 0.2) is 47.0 Å². The molecule has 4 bridgehead atoms. The maximum atomic E-state index is 13.4. The highest BCUT2D eigenvalue weighted by Gasteiger charge is 2.35. The summed E-state index contributed by atoms with van der Waals surface area (Å²) in [6.07, 6.45) is 0.165. The lowest BCUT2D eigenvalue weighted by atomic mass is 10.00. The average Bonchev–Trinajstić information content (AvgIpc) is 3.36. The molecule has 1 fully saturated rings. The van der Waals surface area contributed by atoms with Gasteiger partial charge >= 0.3 is 0 Å². The summed E-state index contributed by atoms with van der Waals surface area (Å²) in [5.74, 6) is 1.26. The van der Waals surface area contributed by atoms with E-state index in [1.54, 1.807) is 55.3 Å². The molecule has 3 amide bonds. The summed E-state index contributed by atoms with van der Waals surface area (Å²) in [5.41, 5.74) is 2.64. The van der Waals surface area contributed by atoms with Crippen LogP contribution >= 0.6 is 0 Å². The second-order valence-corrected chi connectivity index (χ2v) is 10.00. The van der Waals surface area contributed by atoms with E-state index in [0.717, 1.165) is 11.1 Å². The number of piperidine rings is 1. The smallest absolute Gasteiger partial charge is 0.258 e. The molecule has 210 valence electrons. The third kappa shape index (κ3) is 6.19. The van der Waals surface area contributed by atoms with Gasteiger partial charge in [-0.1, -0.05) is 11.2 Å². The average molecular weight is 549 g/mol. The van der Waals surface area contributed by atoms with Gasteiger partial charge in [-0.15, -0.1) is 0 Å². The molecule has 0 saturated carbocycles. The summed E-state index contributed by atoms with van der Waals surface area (Å²) in [6, 6.07) is 11.7. The second-order valence-electron chi connectivity index (χ2n) is 10.00. The number of hydrogen-bond acceptors (Lipinski definition) is 8. The van der Waals surface area contributed by atoms with Gasteiger partial charge in [0.2, 0.25) is 5.91 Å². The van der Waals surface area contributed by atoms with Crippen LogP contribution in [0.2, 0.25) is 0 Å². The van der Waals surface area contributed by atoms with Crippen molar-refractivity contribution in [3.8, 4) is 17.2 Å². The Morgan fingerprint density at radius 3 is 2.77 bits per heavy atom. The zero-order chi connectivity index (χ0) is 28.2. The molecule has 0 radical (unpaired) electrons. The quantitative estimate of drug-likeness (QED) is 0.510. The molecule has 6 rings (SSSR count). The van der Waals surface area contributed by atoms with Crippen molar-refractivity contribution < 1.29 is 33.1 Å². The van der Waals surface area contributed by atoms with Crippen LogP contribution in [0.3, 0.4) is 0 Å². The van der Waals surface area contributed by atoms with Crippen molar-refractivity contribution in [1.29, 1.82) is 0 Å². The van der Waals surface area contributed by atoms with Crippen LogP contribution in [0.1, 0.15) is 39.4 Å². The third-order valence-corrected chi connectivity index (χ3v) is 7.05. The molecule has 2 atom stereocenters. The van der Waals surface area contributed by atoms with Gasteiger partial charge in [0.15, 0.2) is 6.61 Å². The molecule has 4 heterocycles. The van der Waals surface area contributed by atoms with E-state index in [0.29, 0.717) is 47.2 Å². The number of carbonyl (C=O) groups is 3. The highest BCUT2D eigenvalue weighted by atomic mass is 16.5. The van der Waals surface area contributed by atoms with Crippen LogP contribution in [0.4, 0.5) is 0 Å². The topological polar surface area (TPSA) is 132 Å². The Bertz CT molecular complexity index is 1420. The normalized spacial score (nSPS) is 19.4. The van der Waals surface area contributed by atoms with Crippen LogP contribution in [-0.2, 0) is 22.6 Å². The predicted molar refractivity (Wildman–Crippen MR) is 143 cm³/mol. The van der Waals surface area contributed by atoms with Crippen molar-refractivity contribution >= 4 is 17.7 Å². The lowest BCUT2D eigenvalue weighted by molar-refractivity contribution is -0.133. The number of ether oxygens (including phenoxy) is 3. The zero-order valence-electron chi connectivity index (χ0n) is 22.7. The first kappa shape index (κ1) is 27.0. The molecule has 3 aliphatic heterocycles. The Labute approximate surface area is 231 Å². The first-order valence-electron chi connectivity index (χ1n) is 13.1. The van der Waals surface area contributed by atoms with Crippen LogP contribution in [0.5, 0.6) is 17.2 Å². The van der Waals surface area contributed by atoms with E-state index in [4.69, 9.17) is 18.7 Å². The summed E-state index contributed by atoms with van der Waals surface area (Å²) >= 11 is 0. The van der Waals surface area contributed by atoms with Gasteiger partial charge in [0.1, 0.15) is 29.1 Å². The Hall–Kier alpha value is -4.54. The van der Waals surface area contributed by atoms with E-state index in [9.17, 15) is 14.4 Å². The van der Waals surface area contributed by atoms with Gasteiger partial charge in [-0.3, -0.25) is 14.4 Å². The number of benzene rings is 2. The summed E-state index contributed by atoms with van der Waals surface area (Å²) in [7, 11) is 1.55. The number of amides is 3. The first-order chi connectivity index (χ1) is 19.3. The Morgan fingerprint density at radius 1 is 1.15 bits per heavy atom. The molecule has 3 aromatic rings. The number of hydrogen-bond donors (Lipinski definition) is 2. The highest BCUT2D eigenvalue weighted by Crippen LogP contribution is 2.28. The molecule has 40 heavy (non-hydrogen) atoms. The fourth-order valence-corrected chi connectivity index (χ4v) is 4.85. The maximum absolute atomic E-state index is 13.4. The number of likely N-dealkylation sites (tertiary alicyclic amines) is 1. The standard InChI is InChI=1S/C29H32N4O7/c1-17-4-5-19-11-25(17)38-16-27(34)30-14-20-6-7-21(12-26(20)37-3)39-24-8-9-33(15-23(24)31-29(19)36)28(35)13-22-10-18(2)32-40-22/h4-7,10-12,23-24H,8-9,13-16H2,1-3H3,(H,30,34)(H,31,36)/t23-,24+/m0/s1. The van der Waals surface area contributed by atoms with Gasteiger partial charge in [0.25, 0.3) is 11.8 Å². The van der Waals surface area contributed by atoms with Crippen molar-refractivity contribution in [3.05, 3.63) is 70.6 Å². The van der Waals surface area contributed by atoms with Crippen molar-refractivity contribution in [1.82, 2.24) is 20.7 Å². The van der Waals surface area contributed by atoms with Crippen LogP contribution in [-0.4, -0.2) is 66.7 Å². The molecule has 0 aliphatic carbocycles. The summed E-state index contributed by atoms with van der Waals surface area (Å²) in [5, 5.41) is 9.75. The molecule has 11 nitrogen and oxygen atoms in total. The van der Waals surface area contributed by atoms with E-state index < -0.39 is 12.1 Å². The lowest BCUT2D eigenvalue weighted by Crippen LogP contribution is -2.58. The Kier molecular flexibility index (Phi) is 7.90. The van der Waals surface area contributed by atoms with Crippen LogP contribution < -0.4 is 24.8 Å². The zero-order valence-corrected chi connectivity index (χ0v) is 22.7. The van der Waals surface area contributed by atoms with Gasteiger partial charge < -0.3 is 34.3 Å². The summed E-state index contributed by atoms with van der Waals surface area (Å²) < 4.78 is 22.9. The van der Waals surface area contributed by atoms with Gasteiger partial charge in [-0.05, 0) is 43.7 Å². The number of rotatable bonds is 3. The van der Waals surface area contributed by atoms with E-state index >= 15 is 0 Å². The monoisotopic (exact) mass is 548 g/mol. The van der Waals surface area contributed by atoms with E-state index in [-0.39, 0.29) is 43.8 Å². The molecular formula is C29H32N4O7. The molecule has 0 spiro atoms. The number of nitrogens with one attached hydrogen (secondary N) is 2. The van der Waals surface area contributed by atoms with Gasteiger partial charge in [-0.25, -0.2) is 0 Å². The molecule has 2 aromatic carbocycles. The van der Waals surface area contributed by atoms with Crippen molar-refractivity contribution in [2.24, 2.45) is 0 Å². The number of carbonyl (C=O) groups excluding carboxylic acids is 3. The Balaban J connectivity index is 1.43. The maximum Gasteiger partial charge on any atom is 0.258 e. The number of methoxy groups -OCH3 is 1. The minimum Gasteiger partial charge on any atom is -0.496 e. The SMILES string of the molecule is COc1cc2ccc1CNC(=O)COc1cc(ccc1C)C(=O)N[C@H]1CN(C(=O)Cc3cc(C)no3)CC[C@H]1O2. The summed E-state index contributed by atoms with van der Waals surface area (Å²) in [4.78, 5) is 40.7. The molecule has 11 heteroatoms. The van der Waals surface area contributed by atoms with Gasteiger partial charge in [0.05, 0.1) is 25.3 Å². The number of fused-ring (bicyclic) bond motifs is 7. The van der Waals surface area contributed by atoms with Crippen LogP contribution in [0.25, 0.3) is 0 Å². The van der Waals surface area contributed by atoms with Crippen molar-refractivity contribution in [2.45, 2.75) is 45.4 Å². The predicted octanol–water partition coefficient (Wildman–Crippen LogP) is 2.33. The number of aromatic nitrogens is 1. The molecule has 2 N–H and O–H groups in total. The summed E-state index contributed by atoms with van der Waals surface area (Å²) in [6.45, 7) is 4.39. The minimum absolute atomic E-state index is 0.0805. The fraction of sp³-hybridized carbons (Fsp3) is 0.379. The molecule has 3 aliphatic rings. The number of nitrogens with zero attached hydrogens (tertiary/aromatic N) is 2. The Morgan fingerprint density at radius 2 is 2.00 bits per heavy atom. The highest BCUT2D eigenvalue weighted by molar-refractivity contribution is 5.95. The van der Waals surface area contributed by atoms with Gasteiger partial charge in [-0.2, -0.15) is 0 Å². The number of aryl methyl sites for hydroxylation is 2. The van der Waals surface area contributed by atoms with Crippen LogP contribution in [0, 0.1) is 13.8 Å². The minimum atomic E-state index is -0.503.